The van der Waals surface area contributed by atoms with Gasteiger partial charge in [0.15, 0.2) is 5.76 Å². The minimum Gasteiger partial charge on any atom is -0.505 e. The van der Waals surface area contributed by atoms with Crippen molar-refractivity contribution in [3.63, 3.8) is 0 Å². The number of rotatable bonds is 9. The van der Waals surface area contributed by atoms with E-state index in [1.54, 1.807) is 12.1 Å². The highest BCUT2D eigenvalue weighted by Gasteiger charge is 2.47. The van der Waals surface area contributed by atoms with Crippen molar-refractivity contribution in [3.05, 3.63) is 70.1 Å². The molecule has 1 N–H and O–H groups in total. The number of nitrogens with zero attached hydrogens (tertiary/aromatic N) is 3. The summed E-state index contributed by atoms with van der Waals surface area (Å²) in [5.74, 6) is -0.462. The molecule has 1 aromatic carbocycles. The molecule has 1 fully saturated rings. The van der Waals surface area contributed by atoms with E-state index in [0.717, 1.165) is 35.1 Å². The Bertz CT molecular complexity index is 1240. The summed E-state index contributed by atoms with van der Waals surface area (Å²) in [4.78, 5) is 35.6. The van der Waals surface area contributed by atoms with E-state index in [1.165, 1.54) is 16.2 Å². The average Bonchev–Trinajstić information content (AvgIpc) is 3.54. The molecule has 1 aliphatic rings. The van der Waals surface area contributed by atoms with E-state index in [4.69, 9.17) is 4.42 Å². The monoisotopic (exact) mass is 493 g/mol. The summed E-state index contributed by atoms with van der Waals surface area (Å²) in [6.45, 7) is 10.9. The number of aliphatic hydroxyl groups excluding tert-OH is 1. The lowest BCUT2D eigenvalue weighted by Gasteiger charge is -2.25. The van der Waals surface area contributed by atoms with Crippen molar-refractivity contribution in [1.29, 1.82) is 0 Å². The highest BCUT2D eigenvalue weighted by Crippen LogP contribution is 2.41. The SMILES string of the molecule is CCN(CC)CCCN1C(=O)C(=O)C(=C(O)c2nc(-c3ccccc3)sc2C)[C@@H]1c1ccc(C)o1. The number of aliphatic hydroxyl groups is 1. The van der Waals surface area contributed by atoms with E-state index in [9.17, 15) is 14.7 Å². The van der Waals surface area contributed by atoms with Gasteiger partial charge in [0.25, 0.3) is 11.7 Å². The molecule has 3 heterocycles. The van der Waals surface area contributed by atoms with Crippen molar-refractivity contribution in [2.45, 2.75) is 40.2 Å². The number of hydrogen-bond donors (Lipinski definition) is 1. The largest absolute Gasteiger partial charge is 0.505 e. The summed E-state index contributed by atoms with van der Waals surface area (Å²) in [5.41, 5.74) is 1.28. The average molecular weight is 494 g/mol. The highest BCUT2D eigenvalue weighted by atomic mass is 32.1. The lowest BCUT2D eigenvalue weighted by molar-refractivity contribution is -0.140. The van der Waals surface area contributed by atoms with Crippen LogP contribution < -0.4 is 0 Å². The molecule has 0 saturated carbocycles. The topological polar surface area (TPSA) is 86.9 Å². The molecule has 7 nitrogen and oxygen atoms in total. The lowest BCUT2D eigenvalue weighted by atomic mass is 10.0. The molecule has 35 heavy (non-hydrogen) atoms. The van der Waals surface area contributed by atoms with Crippen LogP contribution >= 0.6 is 11.3 Å². The number of furan rings is 1. The summed E-state index contributed by atoms with van der Waals surface area (Å²) < 4.78 is 5.87. The van der Waals surface area contributed by atoms with Crippen LogP contribution in [0.15, 0.2) is 52.5 Å². The first-order valence-electron chi connectivity index (χ1n) is 12.0. The van der Waals surface area contributed by atoms with Gasteiger partial charge >= 0.3 is 0 Å². The van der Waals surface area contributed by atoms with E-state index in [1.807, 2.05) is 44.2 Å². The van der Waals surface area contributed by atoms with E-state index in [2.05, 4.69) is 23.7 Å². The third-order valence-corrected chi connectivity index (χ3v) is 7.40. The van der Waals surface area contributed by atoms with Crippen LogP contribution in [0.5, 0.6) is 0 Å². The lowest BCUT2D eigenvalue weighted by Crippen LogP contribution is -2.33. The number of amides is 1. The summed E-state index contributed by atoms with van der Waals surface area (Å²) in [5, 5.41) is 12.1. The Kier molecular flexibility index (Phi) is 7.52. The molecule has 3 aromatic rings. The maximum absolute atomic E-state index is 13.2. The first-order valence-corrected chi connectivity index (χ1v) is 12.8. The van der Waals surface area contributed by atoms with Crippen LogP contribution in [0.1, 0.15) is 48.4 Å². The summed E-state index contributed by atoms with van der Waals surface area (Å²) in [6.07, 6.45) is 0.707. The fraction of sp³-hybridized carbons (Fsp3) is 0.370. The third-order valence-electron chi connectivity index (χ3n) is 6.38. The predicted octanol–water partition coefficient (Wildman–Crippen LogP) is 5.17. The van der Waals surface area contributed by atoms with Crippen LogP contribution in [0.3, 0.4) is 0 Å². The van der Waals surface area contributed by atoms with Gasteiger partial charge in [-0.3, -0.25) is 9.59 Å². The van der Waals surface area contributed by atoms with Crippen LogP contribution in [0.25, 0.3) is 16.3 Å². The van der Waals surface area contributed by atoms with Crippen molar-refractivity contribution < 1.29 is 19.1 Å². The van der Waals surface area contributed by atoms with Crippen molar-refractivity contribution in [2.75, 3.05) is 26.2 Å². The quantitative estimate of drug-likeness (QED) is 0.251. The molecule has 184 valence electrons. The van der Waals surface area contributed by atoms with E-state index >= 15 is 0 Å². The maximum atomic E-state index is 13.2. The van der Waals surface area contributed by atoms with Gasteiger partial charge in [0, 0.05) is 17.0 Å². The van der Waals surface area contributed by atoms with Crippen LogP contribution in [-0.4, -0.2) is 57.8 Å². The molecule has 8 heteroatoms. The fourth-order valence-electron chi connectivity index (χ4n) is 4.46. The fourth-order valence-corrected chi connectivity index (χ4v) is 5.38. The Labute approximate surface area is 209 Å². The molecule has 1 aliphatic heterocycles. The number of carbonyl (C=O) groups excluding carboxylic acids is 2. The molecule has 0 radical (unpaired) electrons. The summed E-state index contributed by atoms with van der Waals surface area (Å²) in [7, 11) is 0. The molecular formula is C27H31N3O4S. The number of aromatic nitrogens is 1. The van der Waals surface area contributed by atoms with Crippen molar-refractivity contribution in [3.8, 4) is 10.6 Å². The second-order valence-electron chi connectivity index (χ2n) is 8.61. The van der Waals surface area contributed by atoms with Gasteiger partial charge in [0.2, 0.25) is 0 Å². The molecule has 0 aliphatic carbocycles. The number of thiazole rings is 1. The Morgan fingerprint density at radius 3 is 2.46 bits per heavy atom. The Balaban J connectivity index is 1.74. The second kappa shape index (κ2) is 10.6. The first kappa shape index (κ1) is 24.9. The van der Waals surface area contributed by atoms with E-state index in [0.29, 0.717) is 30.2 Å². The molecule has 1 amide bonds. The van der Waals surface area contributed by atoms with Crippen molar-refractivity contribution in [2.24, 2.45) is 0 Å². The summed E-state index contributed by atoms with van der Waals surface area (Å²) >= 11 is 1.44. The van der Waals surface area contributed by atoms with Crippen LogP contribution in [0, 0.1) is 13.8 Å². The smallest absolute Gasteiger partial charge is 0.295 e. The Hall–Kier alpha value is -3.23. The van der Waals surface area contributed by atoms with Gasteiger partial charge in [0.1, 0.15) is 28.3 Å². The molecular weight excluding hydrogens is 462 g/mol. The van der Waals surface area contributed by atoms with Crippen LogP contribution in [0.2, 0.25) is 0 Å². The molecule has 0 bridgehead atoms. The number of likely N-dealkylation sites (tertiary alicyclic amines) is 1. The van der Waals surface area contributed by atoms with E-state index < -0.39 is 17.7 Å². The van der Waals surface area contributed by atoms with Gasteiger partial charge in [-0.25, -0.2) is 4.98 Å². The second-order valence-corrected chi connectivity index (χ2v) is 9.81. The van der Waals surface area contributed by atoms with Gasteiger partial charge in [-0.05, 0) is 52.0 Å². The first-order chi connectivity index (χ1) is 16.8. The van der Waals surface area contributed by atoms with Crippen LogP contribution in [-0.2, 0) is 9.59 Å². The van der Waals surface area contributed by atoms with E-state index in [-0.39, 0.29) is 11.3 Å². The van der Waals surface area contributed by atoms with Crippen molar-refractivity contribution in [1.82, 2.24) is 14.8 Å². The number of carbonyl (C=O) groups is 2. The zero-order valence-electron chi connectivity index (χ0n) is 20.6. The number of Topliss-reactive ketones (excluding diaryl/α,β-unsaturated/α-hetero) is 1. The van der Waals surface area contributed by atoms with Gasteiger partial charge in [-0.1, -0.05) is 44.2 Å². The zero-order valence-corrected chi connectivity index (χ0v) is 21.4. The van der Waals surface area contributed by atoms with Crippen molar-refractivity contribution >= 4 is 28.8 Å². The predicted molar refractivity (Wildman–Crippen MR) is 137 cm³/mol. The molecule has 0 unspecified atom stereocenters. The normalized spacial score (nSPS) is 17.6. The zero-order chi connectivity index (χ0) is 25.1. The Morgan fingerprint density at radius 1 is 1.11 bits per heavy atom. The van der Waals surface area contributed by atoms with Gasteiger partial charge in [0.05, 0.1) is 5.57 Å². The minimum absolute atomic E-state index is 0.0280. The van der Waals surface area contributed by atoms with Crippen LogP contribution in [0.4, 0.5) is 0 Å². The molecule has 2 aromatic heterocycles. The molecule has 4 rings (SSSR count). The minimum atomic E-state index is -0.790. The summed E-state index contributed by atoms with van der Waals surface area (Å²) in [6, 6.07) is 12.4. The number of aryl methyl sites for hydroxylation is 2. The molecule has 1 saturated heterocycles. The highest BCUT2D eigenvalue weighted by molar-refractivity contribution is 7.15. The standard InChI is InChI=1S/C27H31N3O4S/c1-5-29(6-2)15-10-16-30-23(20-14-13-17(3)34-20)21(25(32)27(30)33)24(31)22-18(4)35-26(28-22)19-11-8-7-9-12-19/h7-9,11-14,23,31H,5-6,10,15-16H2,1-4H3/t23-/m0/s1. The molecule has 0 spiro atoms. The van der Waals surface area contributed by atoms with Gasteiger partial charge in [-0.15, -0.1) is 11.3 Å². The van der Waals surface area contributed by atoms with Gasteiger partial charge in [-0.2, -0.15) is 0 Å². The number of ketones is 1. The Morgan fingerprint density at radius 2 is 1.83 bits per heavy atom. The number of hydrogen-bond acceptors (Lipinski definition) is 7. The maximum Gasteiger partial charge on any atom is 0.295 e. The third kappa shape index (κ3) is 4.94. The number of benzene rings is 1. The van der Waals surface area contributed by atoms with Gasteiger partial charge < -0.3 is 19.3 Å². The molecule has 1 atom stereocenters.